The summed E-state index contributed by atoms with van der Waals surface area (Å²) in [5.74, 6) is 0.718. The van der Waals surface area contributed by atoms with Gasteiger partial charge in [0.2, 0.25) is 0 Å². The van der Waals surface area contributed by atoms with Crippen LogP contribution in [0.15, 0.2) is 0 Å². The standard InChI is InChI=1S/C9H21NO2.C2H6.H2/c1-9(2)3-5-11-7-8-12-6-4-10;1-2;/h9H,3-8,10H2,1-2H3;1-2H3;1H. The first-order valence-corrected chi connectivity index (χ1v) is 5.63. The minimum absolute atomic E-state index is 0. The van der Waals surface area contributed by atoms with Crippen LogP contribution in [0, 0.1) is 5.92 Å². The van der Waals surface area contributed by atoms with Crippen molar-refractivity contribution in [1.82, 2.24) is 0 Å². The van der Waals surface area contributed by atoms with Crippen molar-refractivity contribution in [3.63, 3.8) is 0 Å². The van der Waals surface area contributed by atoms with Gasteiger partial charge in [-0.1, -0.05) is 27.7 Å². The van der Waals surface area contributed by atoms with E-state index in [1.54, 1.807) is 0 Å². The second kappa shape index (κ2) is 15.4. The zero-order valence-electron chi connectivity index (χ0n) is 10.2. The highest BCUT2D eigenvalue weighted by Gasteiger charge is 1.93. The van der Waals surface area contributed by atoms with E-state index >= 15 is 0 Å². The van der Waals surface area contributed by atoms with Crippen LogP contribution >= 0.6 is 0 Å². The largest absolute Gasteiger partial charge is 0.379 e. The molecule has 0 heterocycles. The van der Waals surface area contributed by atoms with E-state index in [0.29, 0.717) is 26.4 Å². The molecule has 0 saturated heterocycles. The summed E-state index contributed by atoms with van der Waals surface area (Å²) in [5.41, 5.74) is 5.24. The SMILES string of the molecule is CC.CC(C)CCOCCOCCN.[HH]. The lowest BCUT2D eigenvalue weighted by atomic mass is 10.1. The predicted octanol–water partition coefficient (Wildman–Crippen LogP) is 2.30. The van der Waals surface area contributed by atoms with Crippen molar-refractivity contribution >= 4 is 0 Å². The molecule has 0 saturated carbocycles. The van der Waals surface area contributed by atoms with Crippen LogP contribution in [0.4, 0.5) is 0 Å². The number of nitrogens with two attached hydrogens (primary N) is 1. The minimum atomic E-state index is 0. The Labute approximate surface area is 90.4 Å². The molecule has 0 aromatic heterocycles. The molecule has 0 aromatic carbocycles. The summed E-state index contributed by atoms with van der Waals surface area (Å²) < 4.78 is 10.5. The van der Waals surface area contributed by atoms with Crippen molar-refractivity contribution in [3.8, 4) is 0 Å². The van der Waals surface area contributed by atoms with Gasteiger partial charge in [-0.2, -0.15) is 0 Å². The fraction of sp³-hybridized carbons (Fsp3) is 1.00. The Kier molecular flexibility index (Phi) is 17.9. The lowest BCUT2D eigenvalue weighted by Gasteiger charge is -2.06. The van der Waals surface area contributed by atoms with Crippen LogP contribution in [0.5, 0.6) is 0 Å². The Morgan fingerprint density at radius 2 is 1.50 bits per heavy atom. The molecule has 0 aliphatic carbocycles. The fourth-order valence-corrected chi connectivity index (χ4v) is 0.724. The van der Waals surface area contributed by atoms with Gasteiger partial charge in [0.1, 0.15) is 0 Å². The lowest BCUT2D eigenvalue weighted by Crippen LogP contribution is -2.12. The molecule has 3 nitrogen and oxygen atoms in total. The predicted molar refractivity (Wildman–Crippen MR) is 63.6 cm³/mol. The molecule has 2 N–H and O–H groups in total. The number of hydrogen-bond donors (Lipinski definition) is 1. The number of rotatable bonds is 8. The van der Waals surface area contributed by atoms with Crippen LogP contribution in [-0.4, -0.2) is 33.0 Å². The maximum absolute atomic E-state index is 5.33. The molecule has 0 radical (unpaired) electrons. The molecule has 90 valence electrons. The van der Waals surface area contributed by atoms with Crippen LogP contribution in [0.1, 0.15) is 35.5 Å². The van der Waals surface area contributed by atoms with E-state index < -0.39 is 0 Å². The molecule has 3 heteroatoms. The Morgan fingerprint density at radius 3 is 1.93 bits per heavy atom. The molecular formula is C11H29NO2. The molecule has 0 fully saturated rings. The molecule has 14 heavy (non-hydrogen) atoms. The minimum Gasteiger partial charge on any atom is -0.379 e. The molecule has 0 atom stereocenters. The topological polar surface area (TPSA) is 44.5 Å². The first kappa shape index (κ1) is 16.3. The maximum atomic E-state index is 5.33. The molecule has 0 spiro atoms. The van der Waals surface area contributed by atoms with Gasteiger partial charge in [0.25, 0.3) is 0 Å². The quantitative estimate of drug-likeness (QED) is 0.621. The molecule has 0 unspecified atom stereocenters. The van der Waals surface area contributed by atoms with Crippen LogP contribution in [0.3, 0.4) is 0 Å². The Balaban J connectivity index is -0.000000449. The maximum Gasteiger partial charge on any atom is 0.0701 e. The molecule has 0 aliphatic heterocycles. The second-order valence-corrected chi connectivity index (χ2v) is 3.20. The van der Waals surface area contributed by atoms with Crippen LogP contribution < -0.4 is 5.73 Å². The molecular weight excluding hydrogens is 178 g/mol. The normalized spacial score (nSPS) is 9.86. The first-order chi connectivity index (χ1) is 6.77. The summed E-state index contributed by atoms with van der Waals surface area (Å²) in [6.07, 6.45) is 1.12. The Morgan fingerprint density at radius 1 is 1.00 bits per heavy atom. The number of hydrogen-bond acceptors (Lipinski definition) is 3. The summed E-state index contributed by atoms with van der Waals surface area (Å²) in [5, 5.41) is 0. The van der Waals surface area contributed by atoms with Crippen LogP contribution in [-0.2, 0) is 9.47 Å². The lowest BCUT2D eigenvalue weighted by molar-refractivity contribution is 0.0468. The average molecular weight is 207 g/mol. The highest BCUT2D eigenvalue weighted by Crippen LogP contribution is 1.98. The van der Waals surface area contributed by atoms with Gasteiger partial charge in [-0.05, 0) is 12.3 Å². The zero-order valence-corrected chi connectivity index (χ0v) is 10.2. The molecule has 0 aliphatic rings. The van der Waals surface area contributed by atoms with E-state index in [1.165, 1.54) is 0 Å². The van der Waals surface area contributed by atoms with Gasteiger partial charge in [-0.25, -0.2) is 0 Å². The van der Waals surface area contributed by atoms with Gasteiger partial charge < -0.3 is 15.2 Å². The van der Waals surface area contributed by atoms with Crippen molar-refractivity contribution in [3.05, 3.63) is 0 Å². The third kappa shape index (κ3) is 17.8. The van der Waals surface area contributed by atoms with E-state index in [4.69, 9.17) is 15.2 Å². The third-order valence-corrected chi connectivity index (χ3v) is 1.47. The zero-order chi connectivity index (χ0) is 11.2. The smallest absolute Gasteiger partial charge is 0.0701 e. The molecule has 0 amide bonds. The summed E-state index contributed by atoms with van der Waals surface area (Å²) in [6.45, 7) is 11.8. The summed E-state index contributed by atoms with van der Waals surface area (Å²) >= 11 is 0. The van der Waals surface area contributed by atoms with E-state index in [-0.39, 0.29) is 1.43 Å². The average Bonchev–Trinajstić information content (AvgIpc) is 2.19. The van der Waals surface area contributed by atoms with Crippen molar-refractivity contribution in [2.24, 2.45) is 11.7 Å². The van der Waals surface area contributed by atoms with Crippen molar-refractivity contribution in [2.45, 2.75) is 34.1 Å². The fourth-order valence-electron chi connectivity index (χ4n) is 0.724. The van der Waals surface area contributed by atoms with E-state index in [1.807, 2.05) is 13.8 Å². The van der Waals surface area contributed by atoms with Crippen LogP contribution in [0.2, 0.25) is 0 Å². The summed E-state index contributed by atoms with van der Waals surface area (Å²) in [4.78, 5) is 0. The Hall–Kier alpha value is -0.120. The van der Waals surface area contributed by atoms with E-state index in [2.05, 4.69) is 13.8 Å². The first-order valence-electron chi connectivity index (χ1n) is 5.63. The molecule has 0 bridgehead atoms. The van der Waals surface area contributed by atoms with Gasteiger partial charge >= 0.3 is 0 Å². The summed E-state index contributed by atoms with van der Waals surface area (Å²) in [7, 11) is 0. The highest BCUT2D eigenvalue weighted by atomic mass is 16.5. The highest BCUT2D eigenvalue weighted by molar-refractivity contribution is 4.42. The van der Waals surface area contributed by atoms with Gasteiger partial charge in [0.05, 0.1) is 19.8 Å². The van der Waals surface area contributed by atoms with Crippen molar-refractivity contribution in [2.75, 3.05) is 33.0 Å². The van der Waals surface area contributed by atoms with Crippen molar-refractivity contribution < 1.29 is 10.9 Å². The molecule has 0 aromatic rings. The van der Waals surface area contributed by atoms with Gasteiger partial charge in [-0.3, -0.25) is 0 Å². The van der Waals surface area contributed by atoms with Gasteiger partial charge in [-0.15, -0.1) is 0 Å². The number of ether oxygens (including phenoxy) is 2. The third-order valence-electron chi connectivity index (χ3n) is 1.47. The Bertz CT molecular complexity index is 92.7. The van der Waals surface area contributed by atoms with E-state index in [0.717, 1.165) is 18.9 Å². The van der Waals surface area contributed by atoms with Gasteiger partial charge in [0, 0.05) is 14.6 Å². The van der Waals surface area contributed by atoms with Crippen molar-refractivity contribution in [1.29, 1.82) is 0 Å². The molecule has 0 rings (SSSR count). The monoisotopic (exact) mass is 207 g/mol. The van der Waals surface area contributed by atoms with Crippen LogP contribution in [0.25, 0.3) is 0 Å². The van der Waals surface area contributed by atoms with E-state index in [9.17, 15) is 0 Å². The summed E-state index contributed by atoms with van der Waals surface area (Å²) in [6, 6.07) is 0. The second-order valence-electron chi connectivity index (χ2n) is 3.20. The van der Waals surface area contributed by atoms with Gasteiger partial charge in [0.15, 0.2) is 0 Å².